The Labute approximate surface area is 152 Å². The van der Waals surface area contributed by atoms with Gasteiger partial charge in [-0.05, 0) is 41.3 Å². The fourth-order valence-electron chi connectivity index (χ4n) is 3.63. The molecular formula is C19H16F4N2O2. The number of rotatable bonds is 3. The maximum Gasteiger partial charge on any atom is 0.413 e. The molecule has 0 bridgehead atoms. The molecule has 0 fully saturated rings. The van der Waals surface area contributed by atoms with Gasteiger partial charge in [-0.15, -0.1) is 0 Å². The summed E-state index contributed by atoms with van der Waals surface area (Å²) in [7, 11) is 0. The van der Waals surface area contributed by atoms with Gasteiger partial charge in [0.15, 0.2) is 0 Å². The zero-order valence-corrected chi connectivity index (χ0v) is 14.4. The Morgan fingerprint density at radius 1 is 1.30 bits per heavy atom. The van der Waals surface area contributed by atoms with Gasteiger partial charge >= 0.3 is 6.18 Å². The summed E-state index contributed by atoms with van der Waals surface area (Å²) in [6.45, 7) is 4.88. The number of carbonyl (C=O) groups excluding carboxylic acids is 2. The standard InChI is InChI=1S/C19H16F4N2O2/c1-3-15(26)25-5-4-10(8-25)17-14(20)7-12(18(24)27)11-6-13(19(21,22)23)9(2)16(11)17/h3-4,7H,1,5-6,8H2,2H3,(H2,24,27). The maximum atomic E-state index is 14.8. The number of alkyl halides is 3. The van der Waals surface area contributed by atoms with Gasteiger partial charge in [0, 0.05) is 36.2 Å². The van der Waals surface area contributed by atoms with E-state index in [1.165, 1.54) is 11.8 Å². The molecular weight excluding hydrogens is 364 g/mol. The molecule has 0 radical (unpaired) electrons. The molecule has 1 heterocycles. The second-order valence-corrected chi connectivity index (χ2v) is 6.43. The van der Waals surface area contributed by atoms with Crippen LogP contribution in [-0.2, 0) is 11.2 Å². The molecule has 0 spiro atoms. The summed E-state index contributed by atoms with van der Waals surface area (Å²) in [6, 6.07) is 0.877. The van der Waals surface area contributed by atoms with Crippen LogP contribution < -0.4 is 5.73 Å². The summed E-state index contributed by atoms with van der Waals surface area (Å²) in [5, 5.41) is 0. The topological polar surface area (TPSA) is 63.4 Å². The molecule has 27 heavy (non-hydrogen) atoms. The SMILES string of the molecule is C=CC(=O)N1CC=C(c2c(F)cc(C(N)=O)c3c2C(C)=C(C(F)(F)F)C3)C1. The van der Waals surface area contributed by atoms with Gasteiger partial charge in [-0.1, -0.05) is 12.7 Å². The number of allylic oxidation sites excluding steroid dienone is 2. The monoisotopic (exact) mass is 380 g/mol. The van der Waals surface area contributed by atoms with E-state index >= 15 is 0 Å². The largest absolute Gasteiger partial charge is 0.413 e. The molecule has 1 aromatic carbocycles. The molecule has 1 aliphatic heterocycles. The third kappa shape index (κ3) is 3.05. The number of carbonyl (C=O) groups is 2. The van der Waals surface area contributed by atoms with Gasteiger partial charge in [0.25, 0.3) is 0 Å². The van der Waals surface area contributed by atoms with E-state index in [1.54, 1.807) is 6.08 Å². The molecule has 3 rings (SSSR count). The molecule has 0 atom stereocenters. The lowest BCUT2D eigenvalue weighted by Crippen LogP contribution is -2.27. The van der Waals surface area contributed by atoms with E-state index in [4.69, 9.17) is 5.73 Å². The Morgan fingerprint density at radius 2 is 1.96 bits per heavy atom. The van der Waals surface area contributed by atoms with Crippen molar-refractivity contribution in [2.75, 3.05) is 13.1 Å². The highest BCUT2D eigenvalue weighted by atomic mass is 19.4. The van der Waals surface area contributed by atoms with Gasteiger partial charge in [-0.25, -0.2) is 4.39 Å². The van der Waals surface area contributed by atoms with Crippen molar-refractivity contribution in [1.29, 1.82) is 0 Å². The number of hydrogen-bond donors (Lipinski definition) is 1. The number of benzene rings is 1. The lowest BCUT2D eigenvalue weighted by atomic mass is 9.90. The summed E-state index contributed by atoms with van der Waals surface area (Å²) < 4.78 is 55.0. The number of primary amides is 1. The number of hydrogen-bond acceptors (Lipinski definition) is 2. The van der Waals surface area contributed by atoms with E-state index in [1.807, 2.05) is 0 Å². The van der Waals surface area contributed by atoms with E-state index in [0.29, 0.717) is 5.57 Å². The third-order valence-electron chi connectivity index (χ3n) is 4.90. The Kier molecular flexibility index (Phi) is 4.45. The number of nitrogens with two attached hydrogens (primary N) is 1. The average Bonchev–Trinajstić information content (AvgIpc) is 3.19. The highest BCUT2D eigenvalue weighted by Gasteiger charge is 2.42. The predicted molar refractivity (Wildman–Crippen MR) is 92.0 cm³/mol. The van der Waals surface area contributed by atoms with Crippen LogP contribution in [0.1, 0.15) is 34.0 Å². The highest BCUT2D eigenvalue weighted by molar-refractivity contribution is 6.00. The van der Waals surface area contributed by atoms with Crippen molar-refractivity contribution < 1.29 is 27.2 Å². The number of halogens is 4. The van der Waals surface area contributed by atoms with E-state index in [2.05, 4.69) is 6.58 Å². The lowest BCUT2D eigenvalue weighted by Gasteiger charge is -2.18. The molecule has 0 saturated heterocycles. The van der Waals surface area contributed by atoms with Gasteiger partial charge < -0.3 is 10.6 Å². The fraction of sp³-hybridized carbons (Fsp3) is 0.263. The van der Waals surface area contributed by atoms with Crippen LogP contribution in [0.15, 0.2) is 30.4 Å². The molecule has 8 heteroatoms. The molecule has 2 aliphatic rings. The molecule has 142 valence electrons. The summed E-state index contributed by atoms with van der Waals surface area (Å²) in [6.07, 6.45) is -2.46. The summed E-state index contributed by atoms with van der Waals surface area (Å²) in [4.78, 5) is 24.8. The van der Waals surface area contributed by atoms with Gasteiger partial charge in [-0.2, -0.15) is 13.2 Å². The van der Waals surface area contributed by atoms with Crippen molar-refractivity contribution in [3.8, 4) is 0 Å². The zero-order valence-electron chi connectivity index (χ0n) is 14.4. The van der Waals surface area contributed by atoms with Crippen molar-refractivity contribution in [1.82, 2.24) is 4.90 Å². The van der Waals surface area contributed by atoms with Crippen LogP contribution in [0, 0.1) is 5.82 Å². The minimum Gasteiger partial charge on any atom is -0.366 e. The van der Waals surface area contributed by atoms with Crippen molar-refractivity contribution in [2.24, 2.45) is 5.73 Å². The molecule has 0 aromatic heterocycles. The van der Waals surface area contributed by atoms with E-state index in [-0.39, 0.29) is 46.8 Å². The van der Waals surface area contributed by atoms with Gasteiger partial charge in [0.05, 0.1) is 0 Å². The number of fused-ring (bicyclic) bond motifs is 1. The van der Waals surface area contributed by atoms with Crippen molar-refractivity contribution in [3.05, 3.63) is 58.4 Å². The Hall–Kier alpha value is -2.90. The summed E-state index contributed by atoms with van der Waals surface area (Å²) in [5.74, 6) is -2.20. The summed E-state index contributed by atoms with van der Waals surface area (Å²) >= 11 is 0. The maximum absolute atomic E-state index is 14.8. The second-order valence-electron chi connectivity index (χ2n) is 6.43. The van der Waals surface area contributed by atoms with Crippen LogP contribution in [0.25, 0.3) is 11.1 Å². The van der Waals surface area contributed by atoms with Crippen molar-refractivity contribution >= 4 is 23.0 Å². The first kappa shape index (κ1) is 18.9. The quantitative estimate of drug-likeness (QED) is 0.647. The van der Waals surface area contributed by atoms with Gasteiger partial charge in [-0.3, -0.25) is 9.59 Å². The normalized spacial score (nSPS) is 16.5. The van der Waals surface area contributed by atoms with Crippen molar-refractivity contribution in [3.63, 3.8) is 0 Å². The molecule has 2 amide bonds. The van der Waals surface area contributed by atoms with E-state index in [0.717, 1.165) is 12.1 Å². The number of amides is 2. The van der Waals surface area contributed by atoms with Crippen molar-refractivity contribution in [2.45, 2.75) is 19.5 Å². The fourth-order valence-corrected chi connectivity index (χ4v) is 3.63. The smallest absolute Gasteiger partial charge is 0.366 e. The minimum atomic E-state index is -4.61. The Balaban J connectivity index is 2.19. The van der Waals surface area contributed by atoms with Crippen LogP contribution in [0.2, 0.25) is 0 Å². The van der Waals surface area contributed by atoms with Crippen LogP contribution in [0.4, 0.5) is 17.6 Å². The first-order chi connectivity index (χ1) is 12.6. The van der Waals surface area contributed by atoms with Gasteiger partial charge in [0.2, 0.25) is 11.8 Å². The predicted octanol–water partition coefficient (Wildman–Crippen LogP) is 3.23. The van der Waals surface area contributed by atoms with Crippen LogP contribution in [0.3, 0.4) is 0 Å². The molecule has 0 unspecified atom stereocenters. The molecule has 1 aromatic rings. The van der Waals surface area contributed by atoms with Crippen LogP contribution >= 0.6 is 0 Å². The molecule has 2 N–H and O–H groups in total. The first-order valence-electron chi connectivity index (χ1n) is 8.09. The lowest BCUT2D eigenvalue weighted by molar-refractivity contribution is -0.124. The van der Waals surface area contributed by atoms with Crippen LogP contribution in [0.5, 0.6) is 0 Å². The van der Waals surface area contributed by atoms with Gasteiger partial charge in [0.1, 0.15) is 5.82 Å². The Morgan fingerprint density at radius 3 is 2.52 bits per heavy atom. The molecule has 0 saturated carbocycles. The first-order valence-corrected chi connectivity index (χ1v) is 8.09. The minimum absolute atomic E-state index is 0.0221. The second kappa shape index (κ2) is 6.37. The van der Waals surface area contributed by atoms with E-state index < -0.39 is 29.9 Å². The third-order valence-corrected chi connectivity index (χ3v) is 4.90. The van der Waals surface area contributed by atoms with E-state index in [9.17, 15) is 27.2 Å². The Bertz CT molecular complexity index is 942. The van der Waals surface area contributed by atoms with Crippen LogP contribution in [-0.4, -0.2) is 36.0 Å². The highest BCUT2D eigenvalue weighted by Crippen LogP contribution is 2.46. The molecule has 4 nitrogen and oxygen atoms in total. The number of nitrogens with zero attached hydrogens (tertiary/aromatic N) is 1. The molecule has 1 aliphatic carbocycles. The zero-order chi connectivity index (χ0) is 20.1. The summed E-state index contributed by atoms with van der Waals surface area (Å²) in [5.41, 5.74) is 4.50. The average molecular weight is 380 g/mol.